The molecule has 1 aliphatic heterocycles. The molecule has 1 N–H and O–H groups in total. The van der Waals surface area contributed by atoms with Gasteiger partial charge < -0.3 is 4.90 Å². The molecule has 2 unspecified atom stereocenters. The molecule has 1 fully saturated rings. The lowest BCUT2D eigenvalue weighted by Crippen LogP contribution is -2.33. The molecule has 0 spiro atoms. The second kappa shape index (κ2) is 7.14. The molecular weight excluding hydrogens is 268 g/mol. The number of hydrogen-bond acceptors (Lipinski definition) is 3. The van der Waals surface area contributed by atoms with Crippen molar-refractivity contribution in [3.8, 4) is 0 Å². The van der Waals surface area contributed by atoms with Crippen LogP contribution in [0.15, 0.2) is 24.3 Å². The summed E-state index contributed by atoms with van der Waals surface area (Å²) in [4.78, 5) is 14.5. The van der Waals surface area contributed by atoms with Crippen LogP contribution in [0.1, 0.15) is 37.1 Å². The van der Waals surface area contributed by atoms with Crippen molar-refractivity contribution in [2.45, 2.75) is 38.9 Å². The number of nitrogens with one attached hydrogen (secondary N) is 1. The summed E-state index contributed by atoms with van der Waals surface area (Å²) >= 11 is 1.78. The van der Waals surface area contributed by atoms with Crippen molar-refractivity contribution in [1.82, 2.24) is 10.2 Å². The van der Waals surface area contributed by atoms with Crippen LogP contribution < -0.4 is 5.32 Å². The molecule has 1 amide bonds. The van der Waals surface area contributed by atoms with Gasteiger partial charge in [-0.15, -0.1) is 0 Å². The second-order valence-electron chi connectivity index (χ2n) is 5.35. The first-order valence-corrected chi connectivity index (χ1v) is 8.68. The molecule has 3 nitrogen and oxygen atoms in total. The van der Waals surface area contributed by atoms with E-state index in [9.17, 15) is 4.79 Å². The van der Waals surface area contributed by atoms with E-state index in [0.717, 1.165) is 25.1 Å². The van der Waals surface area contributed by atoms with Crippen LogP contribution in [-0.2, 0) is 4.79 Å². The highest BCUT2D eigenvalue weighted by Gasteiger charge is 2.38. The van der Waals surface area contributed by atoms with Crippen LogP contribution in [0.3, 0.4) is 0 Å². The smallest absolute Gasteiger partial charge is 0.241 e. The minimum absolute atomic E-state index is 0.0202. The molecule has 1 aromatic rings. The molecule has 0 radical (unpaired) electrons. The molecule has 0 bridgehead atoms. The minimum atomic E-state index is -0.0202. The lowest BCUT2D eigenvalue weighted by atomic mass is 10.1. The summed E-state index contributed by atoms with van der Waals surface area (Å²) in [5, 5.41) is 3.50. The quantitative estimate of drug-likeness (QED) is 0.875. The fourth-order valence-electron chi connectivity index (χ4n) is 2.63. The zero-order valence-electron chi connectivity index (χ0n) is 12.6. The number of carbonyl (C=O) groups is 1. The van der Waals surface area contributed by atoms with Crippen LogP contribution in [0.4, 0.5) is 0 Å². The van der Waals surface area contributed by atoms with Crippen LogP contribution in [-0.4, -0.2) is 35.4 Å². The Labute approximate surface area is 126 Å². The average molecular weight is 292 g/mol. The molecule has 20 heavy (non-hydrogen) atoms. The third-order valence-corrected chi connectivity index (χ3v) is 4.35. The van der Waals surface area contributed by atoms with Crippen molar-refractivity contribution in [3.05, 3.63) is 35.4 Å². The summed E-state index contributed by atoms with van der Waals surface area (Å²) in [6.45, 7) is 5.02. The van der Waals surface area contributed by atoms with Crippen LogP contribution in [0, 0.1) is 6.92 Å². The normalized spacial score (nSPS) is 22.6. The van der Waals surface area contributed by atoms with Gasteiger partial charge in [0.2, 0.25) is 5.91 Å². The van der Waals surface area contributed by atoms with Crippen LogP contribution in [0.5, 0.6) is 0 Å². The predicted molar refractivity (Wildman–Crippen MR) is 85.8 cm³/mol. The lowest BCUT2D eigenvalue weighted by molar-refractivity contribution is -0.130. The summed E-state index contributed by atoms with van der Waals surface area (Å²) in [6, 6.07) is 8.46. The molecular formula is C16H24N2OS. The van der Waals surface area contributed by atoms with Crippen LogP contribution >= 0.6 is 11.8 Å². The van der Waals surface area contributed by atoms with E-state index in [1.807, 2.05) is 4.90 Å². The number of benzene rings is 1. The maximum absolute atomic E-state index is 12.5. The third-order valence-electron chi connectivity index (χ3n) is 3.76. The highest BCUT2D eigenvalue weighted by molar-refractivity contribution is 7.98. The Balaban J connectivity index is 2.19. The first-order chi connectivity index (χ1) is 9.67. The van der Waals surface area contributed by atoms with Crippen molar-refractivity contribution in [2.75, 3.05) is 18.6 Å². The molecule has 4 heteroatoms. The summed E-state index contributed by atoms with van der Waals surface area (Å²) in [6.07, 6.45) is 4.06. The largest absolute Gasteiger partial charge is 0.321 e. The zero-order valence-corrected chi connectivity index (χ0v) is 13.4. The van der Waals surface area contributed by atoms with Crippen molar-refractivity contribution >= 4 is 17.7 Å². The Morgan fingerprint density at radius 2 is 2.00 bits per heavy atom. The van der Waals surface area contributed by atoms with Gasteiger partial charge in [0.1, 0.15) is 6.17 Å². The SMILES string of the molecule is CCCC1NC(c2ccc(C)cc2)N(CCSC)C1=O. The zero-order chi connectivity index (χ0) is 14.5. The molecule has 1 saturated heterocycles. The molecule has 0 aromatic heterocycles. The highest BCUT2D eigenvalue weighted by atomic mass is 32.2. The predicted octanol–water partition coefficient (Wildman–Crippen LogP) is 2.96. The summed E-state index contributed by atoms with van der Waals surface area (Å²) in [5.41, 5.74) is 2.43. The van der Waals surface area contributed by atoms with Gasteiger partial charge in [0.05, 0.1) is 6.04 Å². The van der Waals surface area contributed by atoms with E-state index in [2.05, 4.69) is 49.7 Å². The number of hydrogen-bond donors (Lipinski definition) is 1. The molecule has 1 aliphatic rings. The Kier molecular flexibility index (Phi) is 5.49. The van der Waals surface area contributed by atoms with Gasteiger partial charge in [0.25, 0.3) is 0 Å². The van der Waals surface area contributed by atoms with Crippen molar-refractivity contribution in [1.29, 1.82) is 0 Å². The van der Waals surface area contributed by atoms with Gasteiger partial charge >= 0.3 is 0 Å². The van der Waals surface area contributed by atoms with E-state index in [-0.39, 0.29) is 18.1 Å². The first kappa shape index (κ1) is 15.4. The third kappa shape index (κ3) is 3.36. The van der Waals surface area contributed by atoms with Crippen LogP contribution in [0.2, 0.25) is 0 Å². The Bertz CT molecular complexity index is 446. The molecule has 1 heterocycles. The fraction of sp³-hybridized carbons (Fsp3) is 0.562. The van der Waals surface area contributed by atoms with Gasteiger partial charge in [-0.05, 0) is 25.2 Å². The van der Waals surface area contributed by atoms with Gasteiger partial charge in [-0.25, -0.2) is 0 Å². The fourth-order valence-corrected chi connectivity index (χ4v) is 3.01. The number of amides is 1. The molecule has 2 rings (SSSR count). The lowest BCUT2D eigenvalue weighted by Gasteiger charge is -2.24. The first-order valence-electron chi connectivity index (χ1n) is 7.29. The van der Waals surface area contributed by atoms with E-state index in [1.54, 1.807) is 11.8 Å². The van der Waals surface area contributed by atoms with E-state index in [0.29, 0.717) is 0 Å². The molecule has 0 aliphatic carbocycles. The molecule has 0 saturated carbocycles. The molecule has 2 atom stereocenters. The van der Waals surface area contributed by atoms with Gasteiger partial charge in [-0.3, -0.25) is 10.1 Å². The standard InChI is InChI=1S/C16H24N2OS/c1-4-5-14-16(19)18(10-11-20-3)15(17-14)13-8-6-12(2)7-9-13/h6-9,14-15,17H,4-5,10-11H2,1-3H3. The van der Waals surface area contributed by atoms with Crippen molar-refractivity contribution in [2.24, 2.45) is 0 Å². The number of aryl methyl sites for hydroxylation is 1. The highest BCUT2D eigenvalue weighted by Crippen LogP contribution is 2.27. The second-order valence-corrected chi connectivity index (χ2v) is 6.33. The summed E-state index contributed by atoms with van der Waals surface area (Å²) < 4.78 is 0. The Hall–Kier alpha value is -1.00. The van der Waals surface area contributed by atoms with Gasteiger partial charge in [0.15, 0.2) is 0 Å². The monoisotopic (exact) mass is 292 g/mol. The van der Waals surface area contributed by atoms with E-state index < -0.39 is 0 Å². The summed E-state index contributed by atoms with van der Waals surface area (Å²) in [7, 11) is 0. The molecule has 110 valence electrons. The number of thioether (sulfide) groups is 1. The van der Waals surface area contributed by atoms with Crippen molar-refractivity contribution in [3.63, 3.8) is 0 Å². The summed E-state index contributed by atoms with van der Waals surface area (Å²) in [5.74, 6) is 1.24. The maximum Gasteiger partial charge on any atom is 0.241 e. The number of rotatable bonds is 6. The Morgan fingerprint density at radius 3 is 2.60 bits per heavy atom. The van der Waals surface area contributed by atoms with E-state index in [1.165, 1.54) is 11.1 Å². The van der Waals surface area contributed by atoms with Gasteiger partial charge in [-0.1, -0.05) is 43.2 Å². The van der Waals surface area contributed by atoms with Gasteiger partial charge in [0, 0.05) is 12.3 Å². The average Bonchev–Trinajstić information content (AvgIpc) is 2.75. The van der Waals surface area contributed by atoms with Gasteiger partial charge in [-0.2, -0.15) is 11.8 Å². The number of carbonyl (C=O) groups excluding carboxylic acids is 1. The van der Waals surface area contributed by atoms with E-state index in [4.69, 9.17) is 0 Å². The minimum Gasteiger partial charge on any atom is -0.321 e. The maximum atomic E-state index is 12.5. The van der Waals surface area contributed by atoms with E-state index >= 15 is 0 Å². The topological polar surface area (TPSA) is 32.3 Å². The Morgan fingerprint density at radius 1 is 1.30 bits per heavy atom. The molecule has 1 aromatic carbocycles. The van der Waals surface area contributed by atoms with Crippen LogP contribution in [0.25, 0.3) is 0 Å². The van der Waals surface area contributed by atoms with Crippen molar-refractivity contribution < 1.29 is 4.79 Å². The number of nitrogens with zero attached hydrogens (tertiary/aromatic N) is 1.